The number of carbonyl (C=O) groups excluding carboxylic acids is 1. The molecule has 0 saturated carbocycles. The van der Waals surface area contributed by atoms with E-state index in [9.17, 15) is 4.79 Å². The van der Waals surface area contributed by atoms with Gasteiger partial charge in [0, 0.05) is 13.6 Å². The van der Waals surface area contributed by atoms with Crippen molar-refractivity contribution < 1.29 is 9.53 Å². The highest BCUT2D eigenvalue weighted by Gasteiger charge is 2.08. The maximum Gasteiger partial charge on any atom is 0.233 e. The average molecular weight is 188 g/mol. The highest BCUT2D eigenvalue weighted by atomic mass is 16.5. The Balaban J connectivity index is 3.22. The van der Waals surface area contributed by atoms with Crippen molar-refractivity contribution in [1.82, 2.24) is 10.6 Å². The molecular weight excluding hydrogens is 168 g/mol. The minimum atomic E-state index is -0.102. The van der Waals surface area contributed by atoms with Gasteiger partial charge in [-0.3, -0.25) is 4.79 Å². The fourth-order valence-corrected chi connectivity index (χ4v) is 0.720. The van der Waals surface area contributed by atoms with Crippen LogP contribution in [0.5, 0.6) is 0 Å². The Kier molecular flexibility index (Phi) is 5.66. The number of hydrogen-bond donors (Lipinski definition) is 2. The van der Waals surface area contributed by atoms with E-state index in [0.29, 0.717) is 19.7 Å². The molecule has 0 radical (unpaired) electrons. The van der Waals surface area contributed by atoms with Gasteiger partial charge in [0.15, 0.2) is 0 Å². The molecule has 0 fully saturated rings. The number of hydrogen-bond acceptors (Lipinski definition) is 3. The topological polar surface area (TPSA) is 50.4 Å². The standard InChI is InChI=1S/C9H20N2O2/c1-9(2,3)13-6-5-11-7-8(12)10-4/h11H,5-7H2,1-4H3,(H,10,12). The molecule has 0 atom stereocenters. The van der Waals surface area contributed by atoms with Crippen LogP contribution in [0.4, 0.5) is 0 Å². The molecule has 78 valence electrons. The third-order valence-corrected chi connectivity index (χ3v) is 1.38. The Hall–Kier alpha value is -0.610. The largest absolute Gasteiger partial charge is 0.375 e. The molecule has 0 aliphatic carbocycles. The van der Waals surface area contributed by atoms with Crippen LogP contribution in [-0.4, -0.2) is 38.3 Å². The van der Waals surface area contributed by atoms with E-state index in [-0.39, 0.29) is 11.5 Å². The third kappa shape index (κ3) is 9.30. The van der Waals surface area contributed by atoms with E-state index in [4.69, 9.17) is 4.74 Å². The molecule has 0 unspecified atom stereocenters. The van der Waals surface area contributed by atoms with E-state index in [0.717, 1.165) is 0 Å². The lowest BCUT2D eigenvalue weighted by Gasteiger charge is -2.19. The highest BCUT2D eigenvalue weighted by Crippen LogP contribution is 2.04. The molecule has 0 rings (SSSR count). The lowest BCUT2D eigenvalue weighted by atomic mass is 10.2. The van der Waals surface area contributed by atoms with Gasteiger partial charge in [0.25, 0.3) is 0 Å². The van der Waals surface area contributed by atoms with Gasteiger partial charge in [-0.2, -0.15) is 0 Å². The number of nitrogens with one attached hydrogen (secondary N) is 2. The molecule has 0 aliphatic rings. The monoisotopic (exact) mass is 188 g/mol. The highest BCUT2D eigenvalue weighted by molar-refractivity contribution is 5.77. The number of amides is 1. The van der Waals surface area contributed by atoms with Crippen LogP contribution in [-0.2, 0) is 9.53 Å². The Bertz CT molecular complexity index is 152. The molecule has 4 nitrogen and oxygen atoms in total. The van der Waals surface area contributed by atoms with Crippen molar-refractivity contribution in [2.75, 3.05) is 26.7 Å². The van der Waals surface area contributed by atoms with Crippen molar-refractivity contribution in [3.8, 4) is 0 Å². The number of likely N-dealkylation sites (N-methyl/N-ethyl adjacent to an activating group) is 1. The summed E-state index contributed by atoms with van der Waals surface area (Å²) in [5.74, 6) is -0.00393. The van der Waals surface area contributed by atoms with Gasteiger partial charge in [-0.15, -0.1) is 0 Å². The second-order valence-corrected chi connectivity index (χ2v) is 3.81. The first kappa shape index (κ1) is 12.4. The summed E-state index contributed by atoms with van der Waals surface area (Å²) in [5.41, 5.74) is -0.102. The summed E-state index contributed by atoms with van der Waals surface area (Å²) in [6.07, 6.45) is 0. The fraction of sp³-hybridized carbons (Fsp3) is 0.889. The number of carbonyl (C=O) groups is 1. The summed E-state index contributed by atoms with van der Waals surface area (Å²) < 4.78 is 5.45. The molecule has 0 aliphatic heterocycles. The maximum atomic E-state index is 10.8. The molecule has 0 spiro atoms. The van der Waals surface area contributed by atoms with Gasteiger partial charge < -0.3 is 15.4 Å². The van der Waals surface area contributed by atoms with Crippen LogP contribution in [0.1, 0.15) is 20.8 Å². The smallest absolute Gasteiger partial charge is 0.233 e. The number of rotatable bonds is 5. The molecule has 0 aromatic heterocycles. The van der Waals surface area contributed by atoms with Gasteiger partial charge in [0.05, 0.1) is 18.8 Å². The first-order valence-corrected chi connectivity index (χ1v) is 4.51. The van der Waals surface area contributed by atoms with E-state index in [1.54, 1.807) is 7.05 Å². The Morgan fingerprint density at radius 1 is 1.38 bits per heavy atom. The Morgan fingerprint density at radius 2 is 2.00 bits per heavy atom. The van der Waals surface area contributed by atoms with Crippen molar-refractivity contribution in [3.05, 3.63) is 0 Å². The molecule has 0 aromatic carbocycles. The van der Waals surface area contributed by atoms with Crippen molar-refractivity contribution in [3.63, 3.8) is 0 Å². The van der Waals surface area contributed by atoms with E-state index in [1.807, 2.05) is 20.8 Å². The quantitative estimate of drug-likeness (QED) is 0.603. The van der Waals surface area contributed by atoms with E-state index in [2.05, 4.69) is 10.6 Å². The van der Waals surface area contributed by atoms with Crippen molar-refractivity contribution in [1.29, 1.82) is 0 Å². The maximum absolute atomic E-state index is 10.8. The molecule has 0 heterocycles. The summed E-state index contributed by atoms with van der Waals surface area (Å²) in [5, 5.41) is 5.50. The van der Waals surface area contributed by atoms with Crippen molar-refractivity contribution in [2.45, 2.75) is 26.4 Å². The molecule has 2 N–H and O–H groups in total. The number of ether oxygens (including phenoxy) is 1. The normalized spacial score (nSPS) is 11.4. The van der Waals surface area contributed by atoms with Crippen LogP contribution >= 0.6 is 0 Å². The van der Waals surface area contributed by atoms with Gasteiger partial charge in [-0.1, -0.05) is 0 Å². The summed E-state index contributed by atoms with van der Waals surface area (Å²) >= 11 is 0. The van der Waals surface area contributed by atoms with Crippen LogP contribution in [0.15, 0.2) is 0 Å². The predicted octanol–water partition coefficient (Wildman–Crippen LogP) is 0.137. The first-order valence-electron chi connectivity index (χ1n) is 4.51. The lowest BCUT2D eigenvalue weighted by Crippen LogP contribution is -2.34. The minimum Gasteiger partial charge on any atom is -0.375 e. The van der Waals surface area contributed by atoms with E-state index >= 15 is 0 Å². The van der Waals surface area contributed by atoms with Gasteiger partial charge >= 0.3 is 0 Å². The molecule has 0 aromatic rings. The Labute approximate surface area is 80.0 Å². The second kappa shape index (κ2) is 5.94. The van der Waals surface area contributed by atoms with Gasteiger partial charge in [-0.05, 0) is 20.8 Å². The molecule has 13 heavy (non-hydrogen) atoms. The summed E-state index contributed by atoms with van der Waals surface area (Å²) in [6.45, 7) is 7.69. The SMILES string of the molecule is CNC(=O)CNCCOC(C)(C)C. The van der Waals surface area contributed by atoms with Crippen molar-refractivity contribution >= 4 is 5.91 Å². The summed E-state index contributed by atoms with van der Waals surface area (Å²) in [4.78, 5) is 10.8. The van der Waals surface area contributed by atoms with Gasteiger partial charge in [0.1, 0.15) is 0 Å². The predicted molar refractivity (Wildman–Crippen MR) is 52.6 cm³/mol. The summed E-state index contributed by atoms with van der Waals surface area (Å²) in [6, 6.07) is 0. The molecular formula is C9H20N2O2. The summed E-state index contributed by atoms with van der Waals surface area (Å²) in [7, 11) is 1.62. The zero-order valence-corrected chi connectivity index (χ0v) is 8.94. The zero-order chi connectivity index (χ0) is 10.3. The molecule has 4 heteroatoms. The van der Waals surface area contributed by atoms with Crippen molar-refractivity contribution in [2.24, 2.45) is 0 Å². The minimum absolute atomic E-state index is 0.00393. The Morgan fingerprint density at radius 3 is 2.46 bits per heavy atom. The van der Waals surface area contributed by atoms with Crippen LogP contribution < -0.4 is 10.6 Å². The van der Waals surface area contributed by atoms with Gasteiger partial charge in [0.2, 0.25) is 5.91 Å². The molecule has 0 bridgehead atoms. The zero-order valence-electron chi connectivity index (χ0n) is 8.94. The molecule has 1 amide bonds. The lowest BCUT2D eigenvalue weighted by molar-refractivity contribution is -0.119. The van der Waals surface area contributed by atoms with Gasteiger partial charge in [-0.25, -0.2) is 0 Å². The molecule has 0 saturated heterocycles. The van der Waals surface area contributed by atoms with Crippen LogP contribution in [0.2, 0.25) is 0 Å². The van der Waals surface area contributed by atoms with Crippen LogP contribution in [0.25, 0.3) is 0 Å². The third-order valence-electron chi connectivity index (χ3n) is 1.38. The van der Waals surface area contributed by atoms with Crippen LogP contribution in [0, 0.1) is 0 Å². The fourth-order valence-electron chi connectivity index (χ4n) is 0.720. The van der Waals surface area contributed by atoms with E-state index in [1.165, 1.54) is 0 Å². The van der Waals surface area contributed by atoms with Crippen LogP contribution in [0.3, 0.4) is 0 Å². The first-order chi connectivity index (χ1) is 5.95. The second-order valence-electron chi connectivity index (χ2n) is 3.81. The van der Waals surface area contributed by atoms with E-state index < -0.39 is 0 Å². The average Bonchev–Trinajstić information content (AvgIpc) is 2.01.